The number of benzene rings is 1. The van der Waals surface area contributed by atoms with Gasteiger partial charge in [-0.05, 0) is 25.8 Å². The van der Waals surface area contributed by atoms with Gasteiger partial charge in [-0.1, -0.05) is 18.6 Å². The molecular weight excluding hydrogens is 268 g/mol. The molecule has 1 aromatic carbocycles. The van der Waals surface area contributed by atoms with E-state index in [9.17, 15) is 14.9 Å². The van der Waals surface area contributed by atoms with Gasteiger partial charge in [-0.25, -0.2) is 0 Å². The molecule has 1 N–H and O–H groups in total. The maximum absolute atomic E-state index is 11.9. The van der Waals surface area contributed by atoms with E-state index in [-0.39, 0.29) is 11.3 Å². The highest BCUT2D eigenvalue weighted by atomic mass is 35.5. The van der Waals surface area contributed by atoms with Crippen molar-refractivity contribution in [3.63, 3.8) is 0 Å². The molecule has 104 valence electrons. The summed E-state index contributed by atoms with van der Waals surface area (Å²) in [6.07, 6.45) is 2.65. The first-order valence-corrected chi connectivity index (χ1v) is 6.69. The van der Waals surface area contributed by atoms with Gasteiger partial charge in [0.25, 0.3) is 11.6 Å². The van der Waals surface area contributed by atoms with Crippen LogP contribution in [0.25, 0.3) is 0 Å². The highest BCUT2D eigenvalue weighted by molar-refractivity contribution is 6.17. The summed E-state index contributed by atoms with van der Waals surface area (Å²) in [5.41, 5.74) is 0.475. The van der Waals surface area contributed by atoms with E-state index in [1.807, 2.05) is 0 Å². The van der Waals surface area contributed by atoms with Gasteiger partial charge in [0.2, 0.25) is 0 Å². The van der Waals surface area contributed by atoms with Gasteiger partial charge in [0, 0.05) is 18.0 Å². The van der Waals surface area contributed by atoms with Crippen molar-refractivity contribution in [3.8, 4) is 0 Å². The second-order valence-electron chi connectivity index (χ2n) is 4.23. The first-order valence-electron chi connectivity index (χ1n) is 6.16. The molecule has 0 spiro atoms. The Bertz CT molecular complexity index is 463. The Kier molecular flexibility index (Phi) is 6.29. The molecule has 1 aromatic rings. The first kappa shape index (κ1) is 15.4. The second kappa shape index (κ2) is 7.74. The van der Waals surface area contributed by atoms with Gasteiger partial charge in [0.05, 0.1) is 4.92 Å². The Morgan fingerprint density at radius 1 is 1.37 bits per heavy atom. The molecule has 0 radical (unpaired) electrons. The van der Waals surface area contributed by atoms with E-state index in [0.29, 0.717) is 18.0 Å². The fourth-order valence-corrected chi connectivity index (χ4v) is 1.97. The number of rotatable bonds is 7. The molecule has 0 aliphatic heterocycles. The van der Waals surface area contributed by atoms with Gasteiger partial charge in [0.15, 0.2) is 0 Å². The van der Waals surface area contributed by atoms with Crippen LogP contribution in [-0.4, -0.2) is 23.3 Å². The summed E-state index contributed by atoms with van der Waals surface area (Å²) in [6.45, 7) is 2.12. The highest BCUT2D eigenvalue weighted by Crippen LogP contribution is 2.22. The highest BCUT2D eigenvalue weighted by Gasteiger charge is 2.21. The van der Waals surface area contributed by atoms with Crippen LogP contribution in [0.3, 0.4) is 0 Å². The summed E-state index contributed by atoms with van der Waals surface area (Å²) in [5, 5.41) is 13.7. The number of unbranched alkanes of at least 4 members (excludes halogenated alkanes) is 2. The normalized spacial score (nSPS) is 10.2. The number of nitrogens with zero attached hydrogens (tertiary/aromatic N) is 1. The molecule has 0 unspecified atom stereocenters. The molecular formula is C13H17ClN2O3. The maximum atomic E-state index is 11.9. The lowest BCUT2D eigenvalue weighted by atomic mass is 10.1. The van der Waals surface area contributed by atoms with E-state index in [0.717, 1.165) is 19.3 Å². The zero-order valence-electron chi connectivity index (χ0n) is 10.8. The van der Waals surface area contributed by atoms with Gasteiger partial charge >= 0.3 is 0 Å². The largest absolute Gasteiger partial charge is 0.352 e. The van der Waals surface area contributed by atoms with Crippen molar-refractivity contribution in [2.75, 3.05) is 12.4 Å². The molecule has 0 aliphatic rings. The molecule has 0 saturated heterocycles. The van der Waals surface area contributed by atoms with Crippen LogP contribution in [-0.2, 0) is 0 Å². The van der Waals surface area contributed by atoms with Crippen molar-refractivity contribution in [2.45, 2.75) is 26.2 Å². The number of alkyl halides is 1. The molecule has 6 heteroatoms. The monoisotopic (exact) mass is 284 g/mol. The summed E-state index contributed by atoms with van der Waals surface area (Å²) in [5.74, 6) is 0.207. The average Bonchev–Trinajstić information content (AvgIpc) is 2.37. The lowest BCUT2D eigenvalue weighted by molar-refractivity contribution is -0.385. The molecule has 1 amide bonds. The molecule has 1 rings (SSSR count). The van der Waals surface area contributed by atoms with E-state index in [4.69, 9.17) is 11.6 Å². The summed E-state index contributed by atoms with van der Waals surface area (Å²) >= 11 is 5.55. The van der Waals surface area contributed by atoms with Gasteiger partial charge in [-0.3, -0.25) is 14.9 Å². The van der Waals surface area contributed by atoms with Crippen LogP contribution in [0.2, 0.25) is 0 Å². The number of aryl methyl sites for hydroxylation is 1. The fraction of sp³-hybridized carbons (Fsp3) is 0.462. The number of carbonyl (C=O) groups is 1. The van der Waals surface area contributed by atoms with Gasteiger partial charge < -0.3 is 5.32 Å². The smallest absolute Gasteiger partial charge is 0.285 e. The molecule has 5 nitrogen and oxygen atoms in total. The topological polar surface area (TPSA) is 72.2 Å². The number of halogens is 1. The van der Waals surface area contributed by atoms with Crippen LogP contribution in [0.5, 0.6) is 0 Å². The summed E-state index contributed by atoms with van der Waals surface area (Å²) < 4.78 is 0. The summed E-state index contributed by atoms with van der Waals surface area (Å²) in [4.78, 5) is 22.4. The zero-order chi connectivity index (χ0) is 14.3. The standard InChI is InChI=1S/C13H17ClN2O3/c1-10-6-5-7-11(12(10)16(18)19)13(17)15-9-4-2-3-8-14/h5-7H,2-4,8-9H2,1H3,(H,15,17). The molecule has 0 fully saturated rings. The van der Waals surface area contributed by atoms with Gasteiger partial charge in [0.1, 0.15) is 5.56 Å². The molecule has 0 atom stereocenters. The van der Waals surface area contributed by atoms with E-state index in [1.165, 1.54) is 6.07 Å². The molecule has 0 aromatic heterocycles. The van der Waals surface area contributed by atoms with Crippen molar-refractivity contribution in [1.29, 1.82) is 0 Å². The minimum Gasteiger partial charge on any atom is -0.352 e. The lowest BCUT2D eigenvalue weighted by Crippen LogP contribution is -2.25. The number of nitrogens with one attached hydrogen (secondary N) is 1. The number of para-hydroxylation sites is 1. The number of nitro groups is 1. The molecule has 0 heterocycles. The van der Waals surface area contributed by atoms with Crippen molar-refractivity contribution in [2.24, 2.45) is 0 Å². The third kappa shape index (κ3) is 4.52. The van der Waals surface area contributed by atoms with E-state index < -0.39 is 10.8 Å². The van der Waals surface area contributed by atoms with Crippen LogP contribution < -0.4 is 5.32 Å². The van der Waals surface area contributed by atoms with Crippen LogP contribution >= 0.6 is 11.6 Å². The van der Waals surface area contributed by atoms with Crippen LogP contribution in [0.4, 0.5) is 5.69 Å². The Morgan fingerprint density at radius 3 is 2.74 bits per heavy atom. The number of amides is 1. The second-order valence-corrected chi connectivity index (χ2v) is 4.61. The molecule has 0 saturated carbocycles. The van der Waals surface area contributed by atoms with Gasteiger partial charge in [-0.2, -0.15) is 0 Å². The Hall–Kier alpha value is -1.62. The van der Waals surface area contributed by atoms with Gasteiger partial charge in [-0.15, -0.1) is 11.6 Å². The van der Waals surface area contributed by atoms with E-state index in [1.54, 1.807) is 19.1 Å². The molecule has 19 heavy (non-hydrogen) atoms. The van der Waals surface area contributed by atoms with Crippen LogP contribution in [0.1, 0.15) is 35.2 Å². The van der Waals surface area contributed by atoms with Crippen molar-refractivity contribution < 1.29 is 9.72 Å². The first-order chi connectivity index (χ1) is 9.07. The Balaban J connectivity index is 2.67. The Labute approximate surface area is 117 Å². The van der Waals surface area contributed by atoms with Crippen molar-refractivity contribution in [3.05, 3.63) is 39.4 Å². The molecule has 0 aliphatic carbocycles. The van der Waals surface area contributed by atoms with Crippen molar-refractivity contribution in [1.82, 2.24) is 5.32 Å². The van der Waals surface area contributed by atoms with Crippen LogP contribution in [0, 0.1) is 17.0 Å². The minimum atomic E-state index is -0.516. The number of hydrogen-bond acceptors (Lipinski definition) is 3. The summed E-state index contributed by atoms with van der Waals surface area (Å²) in [7, 11) is 0. The number of hydrogen-bond donors (Lipinski definition) is 1. The zero-order valence-corrected chi connectivity index (χ0v) is 11.6. The number of nitro benzene ring substituents is 1. The molecule has 0 bridgehead atoms. The summed E-state index contributed by atoms with van der Waals surface area (Å²) in [6, 6.07) is 4.74. The third-order valence-corrected chi connectivity index (χ3v) is 3.03. The predicted octanol–water partition coefficient (Wildman–Crippen LogP) is 3.04. The SMILES string of the molecule is Cc1cccc(C(=O)NCCCCCCl)c1[N+](=O)[O-]. The van der Waals surface area contributed by atoms with E-state index >= 15 is 0 Å². The Morgan fingerprint density at radius 2 is 2.11 bits per heavy atom. The third-order valence-electron chi connectivity index (χ3n) is 2.76. The quantitative estimate of drug-likeness (QED) is 0.362. The fourth-order valence-electron chi connectivity index (χ4n) is 1.78. The van der Waals surface area contributed by atoms with Crippen LogP contribution in [0.15, 0.2) is 18.2 Å². The number of carbonyl (C=O) groups excluding carboxylic acids is 1. The van der Waals surface area contributed by atoms with Crippen molar-refractivity contribution >= 4 is 23.2 Å². The van der Waals surface area contributed by atoms with E-state index in [2.05, 4.69) is 5.32 Å². The lowest BCUT2D eigenvalue weighted by Gasteiger charge is -2.06. The maximum Gasteiger partial charge on any atom is 0.285 e. The predicted molar refractivity (Wildman–Crippen MR) is 74.7 cm³/mol. The average molecular weight is 285 g/mol. The minimum absolute atomic E-state index is 0.113.